The fourth-order valence-corrected chi connectivity index (χ4v) is 1.47. The lowest BCUT2D eigenvalue weighted by molar-refractivity contribution is -0.119. The molecular weight excluding hydrogens is 272 g/mol. The molecule has 0 spiro atoms. The molecule has 0 aromatic carbocycles. The second-order valence-corrected chi connectivity index (χ2v) is 4.89. The van der Waals surface area contributed by atoms with Crippen LogP contribution in [0.25, 0.3) is 0 Å². The van der Waals surface area contributed by atoms with Crippen molar-refractivity contribution in [2.75, 3.05) is 30.4 Å². The molecule has 1 amide bonds. The van der Waals surface area contributed by atoms with E-state index in [0.717, 1.165) is 0 Å². The van der Waals surface area contributed by atoms with E-state index in [1.54, 1.807) is 6.07 Å². The Labute approximate surface area is 124 Å². The molecule has 0 fully saturated rings. The third-order valence-electron chi connectivity index (χ3n) is 2.49. The summed E-state index contributed by atoms with van der Waals surface area (Å²) in [5.41, 5.74) is 2.46. The molecule has 0 aliphatic rings. The van der Waals surface area contributed by atoms with Gasteiger partial charge in [0, 0.05) is 19.2 Å². The van der Waals surface area contributed by atoms with E-state index in [1.165, 1.54) is 0 Å². The normalized spacial score (nSPS) is 10.5. The highest BCUT2D eigenvalue weighted by Crippen LogP contribution is 2.10. The van der Waals surface area contributed by atoms with E-state index < -0.39 is 0 Å². The fourth-order valence-electron chi connectivity index (χ4n) is 1.47. The zero-order valence-corrected chi connectivity index (χ0v) is 12.8. The van der Waals surface area contributed by atoms with Crippen molar-refractivity contribution in [2.45, 2.75) is 27.4 Å². The van der Waals surface area contributed by atoms with Crippen LogP contribution in [0.5, 0.6) is 0 Å². The highest BCUT2D eigenvalue weighted by molar-refractivity contribution is 5.80. The number of nitrogens with two attached hydrogens (primary N) is 1. The Bertz CT molecular complexity index is 452. The van der Waals surface area contributed by atoms with Crippen LogP contribution in [-0.2, 0) is 16.1 Å². The number of carbonyl (C=O) groups is 1. The molecule has 1 aromatic rings. The summed E-state index contributed by atoms with van der Waals surface area (Å²) in [6, 6.07) is 1.63. The number of hydrogen-bond acceptors (Lipinski definition) is 7. The maximum absolute atomic E-state index is 11.7. The van der Waals surface area contributed by atoms with E-state index >= 15 is 0 Å². The average molecular weight is 296 g/mol. The minimum atomic E-state index is -0.0871. The molecule has 1 rings (SSSR count). The molecule has 1 heterocycles. The van der Waals surface area contributed by atoms with Gasteiger partial charge in [-0.3, -0.25) is 4.79 Å². The molecule has 0 aliphatic carbocycles. The lowest BCUT2D eigenvalue weighted by atomic mass is 10.2. The van der Waals surface area contributed by atoms with Crippen molar-refractivity contribution in [3.05, 3.63) is 11.9 Å². The summed E-state index contributed by atoms with van der Waals surface area (Å²) in [5.74, 6) is 7.17. The van der Waals surface area contributed by atoms with Gasteiger partial charge < -0.3 is 20.8 Å². The number of ether oxygens (including phenoxy) is 1. The van der Waals surface area contributed by atoms with Crippen LogP contribution < -0.4 is 21.9 Å². The van der Waals surface area contributed by atoms with Crippen LogP contribution in [0.2, 0.25) is 0 Å². The van der Waals surface area contributed by atoms with Crippen LogP contribution in [0, 0.1) is 5.92 Å². The highest BCUT2D eigenvalue weighted by Gasteiger charge is 2.06. The molecule has 0 radical (unpaired) electrons. The number of carbonyl (C=O) groups excluding carboxylic acids is 1. The van der Waals surface area contributed by atoms with Crippen LogP contribution >= 0.6 is 0 Å². The van der Waals surface area contributed by atoms with Crippen molar-refractivity contribution in [1.82, 2.24) is 15.3 Å². The van der Waals surface area contributed by atoms with Gasteiger partial charge in [-0.1, -0.05) is 13.8 Å². The Morgan fingerprint density at radius 3 is 2.71 bits per heavy atom. The van der Waals surface area contributed by atoms with Crippen LogP contribution in [0.1, 0.15) is 26.6 Å². The maximum Gasteiger partial charge on any atom is 0.239 e. The molecule has 21 heavy (non-hydrogen) atoms. The first kappa shape index (κ1) is 17.1. The summed E-state index contributed by atoms with van der Waals surface area (Å²) >= 11 is 0. The summed E-state index contributed by atoms with van der Waals surface area (Å²) in [6.07, 6.45) is 0. The molecular formula is C13H24N6O2. The number of aromatic nitrogens is 2. The number of nitrogens with one attached hydrogen (secondary N) is 3. The standard InChI is InChI=1S/C13H24N6O2/c1-4-21-8-12-17-10(5-11(18-12)19-14)15-7-13(20)16-6-9(2)3/h5,9H,4,6-8,14H2,1-3H3,(H,16,20)(H2,15,17,18,19). The van der Waals surface area contributed by atoms with E-state index in [-0.39, 0.29) is 12.5 Å². The van der Waals surface area contributed by atoms with Gasteiger partial charge >= 0.3 is 0 Å². The summed E-state index contributed by atoms with van der Waals surface area (Å²) in [6.45, 7) is 7.62. The van der Waals surface area contributed by atoms with Gasteiger partial charge in [-0.25, -0.2) is 15.8 Å². The Balaban J connectivity index is 2.58. The number of nitrogens with zero attached hydrogens (tertiary/aromatic N) is 2. The second kappa shape index (κ2) is 9.09. The van der Waals surface area contributed by atoms with Crippen molar-refractivity contribution >= 4 is 17.5 Å². The number of rotatable bonds is 9. The Kier molecular flexibility index (Phi) is 7.41. The Morgan fingerprint density at radius 1 is 1.38 bits per heavy atom. The van der Waals surface area contributed by atoms with Crippen LogP contribution in [0.4, 0.5) is 11.6 Å². The van der Waals surface area contributed by atoms with E-state index in [2.05, 4.69) is 26.0 Å². The van der Waals surface area contributed by atoms with E-state index in [9.17, 15) is 4.79 Å². The van der Waals surface area contributed by atoms with Gasteiger partial charge in [0.2, 0.25) is 5.91 Å². The predicted molar refractivity (Wildman–Crippen MR) is 81.5 cm³/mol. The minimum absolute atomic E-state index is 0.0871. The first-order valence-electron chi connectivity index (χ1n) is 6.98. The topological polar surface area (TPSA) is 114 Å². The fraction of sp³-hybridized carbons (Fsp3) is 0.615. The van der Waals surface area contributed by atoms with Gasteiger partial charge in [0.25, 0.3) is 0 Å². The molecule has 1 aromatic heterocycles. The molecule has 0 aliphatic heterocycles. The zero-order valence-electron chi connectivity index (χ0n) is 12.8. The molecule has 118 valence electrons. The molecule has 5 N–H and O–H groups in total. The largest absolute Gasteiger partial charge is 0.374 e. The number of nitrogen functional groups attached to an aromatic ring is 1. The third kappa shape index (κ3) is 6.87. The van der Waals surface area contributed by atoms with Gasteiger partial charge in [0.15, 0.2) is 5.82 Å². The zero-order chi connectivity index (χ0) is 15.7. The molecule has 0 bridgehead atoms. The van der Waals surface area contributed by atoms with Gasteiger partial charge in [-0.15, -0.1) is 0 Å². The van der Waals surface area contributed by atoms with Crippen molar-refractivity contribution in [1.29, 1.82) is 0 Å². The highest BCUT2D eigenvalue weighted by atomic mass is 16.5. The molecule has 0 saturated carbocycles. The molecule has 8 heteroatoms. The van der Waals surface area contributed by atoms with Crippen molar-refractivity contribution in [2.24, 2.45) is 11.8 Å². The lowest BCUT2D eigenvalue weighted by Crippen LogP contribution is -2.32. The Hall–Kier alpha value is -1.93. The summed E-state index contributed by atoms with van der Waals surface area (Å²) < 4.78 is 5.26. The average Bonchev–Trinajstić information content (AvgIpc) is 2.48. The maximum atomic E-state index is 11.7. The van der Waals surface area contributed by atoms with Crippen LogP contribution in [0.3, 0.4) is 0 Å². The van der Waals surface area contributed by atoms with Crippen LogP contribution in [0.15, 0.2) is 6.07 Å². The van der Waals surface area contributed by atoms with Crippen molar-refractivity contribution < 1.29 is 9.53 Å². The quantitative estimate of drug-likeness (QED) is 0.387. The van der Waals surface area contributed by atoms with Gasteiger partial charge in [-0.05, 0) is 12.8 Å². The summed E-state index contributed by atoms with van der Waals surface area (Å²) in [4.78, 5) is 20.1. The Morgan fingerprint density at radius 2 is 2.10 bits per heavy atom. The number of hydrazine groups is 1. The van der Waals surface area contributed by atoms with E-state index in [1.807, 2.05) is 20.8 Å². The van der Waals surface area contributed by atoms with Crippen molar-refractivity contribution in [3.8, 4) is 0 Å². The van der Waals surface area contributed by atoms with Gasteiger partial charge in [-0.2, -0.15) is 0 Å². The van der Waals surface area contributed by atoms with E-state index in [4.69, 9.17) is 10.6 Å². The predicted octanol–water partition coefficient (Wildman–Crippen LogP) is 0.483. The first-order chi connectivity index (χ1) is 10.0. The third-order valence-corrected chi connectivity index (χ3v) is 2.49. The minimum Gasteiger partial charge on any atom is -0.374 e. The van der Waals surface area contributed by atoms with Gasteiger partial charge in [0.05, 0.1) is 6.54 Å². The smallest absolute Gasteiger partial charge is 0.239 e. The van der Waals surface area contributed by atoms with Gasteiger partial charge in [0.1, 0.15) is 18.2 Å². The lowest BCUT2D eigenvalue weighted by Gasteiger charge is -2.11. The molecule has 0 saturated heterocycles. The summed E-state index contributed by atoms with van der Waals surface area (Å²) in [5, 5.41) is 5.77. The summed E-state index contributed by atoms with van der Waals surface area (Å²) in [7, 11) is 0. The van der Waals surface area contributed by atoms with Crippen LogP contribution in [-0.4, -0.2) is 35.6 Å². The SMILES string of the molecule is CCOCc1nc(NN)cc(NCC(=O)NCC(C)C)n1. The number of hydrogen-bond donors (Lipinski definition) is 4. The molecule has 0 atom stereocenters. The molecule has 0 unspecified atom stereocenters. The van der Waals surface area contributed by atoms with Crippen molar-refractivity contribution in [3.63, 3.8) is 0 Å². The number of amides is 1. The number of anilines is 2. The second-order valence-electron chi connectivity index (χ2n) is 4.89. The van der Waals surface area contributed by atoms with E-state index in [0.29, 0.717) is 43.1 Å². The first-order valence-corrected chi connectivity index (χ1v) is 6.98. The molecule has 8 nitrogen and oxygen atoms in total. The monoisotopic (exact) mass is 296 g/mol.